The minimum Gasteiger partial charge on any atom is -0.465 e. The van der Waals surface area contributed by atoms with Crippen LogP contribution in [-0.4, -0.2) is 33.2 Å². The zero-order chi connectivity index (χ0) is 9.68. The van der Waals surface area contributed by atoms with Crippen molar-refractivity contribution in [3.05, 3.63) is 11.4 Å². The van der Waals surface area contributed by atoms with Gasteiger partial charge in [0.05, 0.1) is 11.4 Å². The summed E-state index contributed by atoms with van der Waals surface area (Å²) in [6.45, 7) is 2.32. The maximum absolute atomic E-state index is 10.1. The number of aromatic amines is 1. The van der Waals surface area contributed by atoms with Crippen molar-refractivity contribution in [2.24, 2.45) is 0 Å². The topological polar surface area (TPSA) is 90.9 Å². The summed E-state index contributed by atoms with van der Waals surface area (Å²) in [5.74, 6) is 0. The number of hydrogen-bond acceptors (Lipinski definition) is 3. The van der Waals surface area contributed by atoms with Crippen LogP contribution in [0.2, 0.25) is 0 Å². The minimum atomic E-state index is -0.987. The third-order valence-electron chi connectivity index (χ3n) is 1.70. The Balaban J connectivity index is 2.20. The number of aryl methyl sites for hydroxylation is 2. The number of H-pyrrole nitrogens is 1. The highest BCUT2D eigenvalue weighted by Crippen LogP contribution is 2.01. The highest BCUT2D eigenvalue weighted by Gasteiger charge is 2.01. The number of nitrogens with zero attached hydrogens (tertiary/aromatic N) is 2. The number of amides is 1. The average molecular weight is 184 g/mol. The van der Waals surface area contributed by atoms with Crippen molar-refractivity contribution in [3.63, 3.8) is 0 Å². The van der Waals surface area contributed by atoms with Gasteiger partial charge in [-0.2, -0.15) is 0 Å². The van der Waals surface area contributed by atoms with Crippen LogP contribution in [0.1, 0.15) is 17.8 Å². The number of rotatable bonds is 4. The quantitative estimate of drug-likeness (QED) is 0.587. The molecule has 6 heteroatoms. The largest absolute Gasteiger partial charge is 0.465 e. The fourth-order valence-electron chi connectivity index (χ4n) is 0.999. The monoisotopic (exact) mass is 184 g/mol. The van der Waals surface area contributed by atoms with Gasteiger partial charge in [0.1, 0.15) is 0 Å². The molecular weight excluding hydrogens is 172 g/mol. The summed E-state index contributed by atoms with van der Waals surface area (Å²) >= 11 is 0. The van der Waals surface area contributed by atoms with Crippen molar-refractivity contribution in [1.29, 1.82) is 0 Å². The summed E-state index contributed by atoms with van der Waals surface area (Å²) in [5.41, 5.74) is 1.84. The van der Waals surface area contributed by atoms with E-state index < -0.39 is 6.09 Å². The Morgan fingerprint density at radius 3 is 3.00 bits per heavy atom. The number of aromatic nitrogens is 3. The van der Waals surface area contributed by atoms with E-state index in [1.165, 1.54) is 0 Å². The molecule has 1 aromatic rings. The summed E-state index contributed by atoms with van der Waals surface area (Å²) < 4.78 is 0. The van der Waals surface area contributed by atoms with Crippen LogP contribution in [-0.2, 0) is 6.42 Å². The third-order valence-corrected chi connectivity index (χ3v) is 1.70. The van der Waals surface area contributed by atoms with Crippen LogP contribution in [0, 0.1) is 6.92 Å². The Morgan fingerprint density at radius 1 is 1.69 bits per heavy atom. The summed E-state index contributed by atoms with van der Waals surface area (Å²) in [6, 6.07) is 0. The first-order valence-corrected chi connectivity index (χ1v) is 4.03. The number of nitrogens with one attached hydrogen (secondary N) is 2. The molecule has 0 radical (unpaired) electrons. The van der Waals surface area contributed by atoms with Gasteiger partial charge < -0.3 is 10.4 Å². The number of carboxylic acid groups (broad SMARTS) is 1. The standard InChI is InChI=1S/C7H12N4O2/c1-5-6(10-11-9-5)3-2-4-8-7(12)13/h8H,2-4H2,1H3,(H,12,13)(H,9,10,11). The first-order chi connectivity index (χ1) is 6.20. The molecule has 3 N–H and O–H groups in total. The van der Waals surface area contributed by atoms with E-state index >= 15 is 0 Å². The molecule has 6 nitrogen and oxygen atoms in total. The summed E-state index contributed by atoms with van der Waals surface area (Å²) in [7, 11) is 0. The molecule has 72 valence electrons. The molecule has 0 spiro atoms. The van der Waals surface area contributed by atoms with Gasteiger partial charge in [0, 0.05) is 6.54 Å². The Morgan fingerprint density at radius 2 is 2.46 bits per heavy atom. The first kappa shape index (κ1) is 9.50. The molecule has 0 aliphatic heterocycles. The van der Waals surface area contributed by atoms with E-state index in [-0.39, 0.29) is 0 Å². The van der Waals surface area contributed by atoms with Crippen molar-refractivity contribution in [2.75, 3.05) is 6.54 Å². The molecule has 1 aromatic heterocycles. The zero-order valence-corrected chi connectivity index (χ0v) is 7.37. The smallest absolute Gasteiger partial charge is 0.404 e. The Kier molecular flexibility index (Phi) is 3.24. The Hall–Kier alpha value is -1.59. The van der Waals surface area contributed by atoms with Crippen molar-refractivity contribution < 1.29 is 9.90 Å². The van der Waals surface area contributed by atoms with Crippen molar-refractivity contribution in [1.82, 2.24) is 20.7 Å². The molecule has 1 heterocycles. The van der Waals surface area contributed by atoms with Gasteiger partial charge in [0.15, 0.2) is 0 Å². The van der Waals surface area contributed by atoms with Crippen LogP contribution in [0.3, 0.4) is 0 Å². The van der Waals surface area contributed by atoms with Crippen LogP contribution in [0.25, 0.3) is 0 Å². The molecule has 0 aliphatic rings. The van der Waals surface area contributed by atoms with Crippen LogP contribution in [0.5, 0.6) is 0 Å². The maximum Gasteiger partial charge on any atom is 0.404 e. The molecule has 0 fully saturated rings. The molecule has 1 amide bonds. The van der Waals surface area contributed by atoms with Crippen molar-refractivity contribution in [2.45, 2.75) is 19.8 Å². The van der Waals surface area contributed by atoms with Gasteiger partial charge in [-0.1, -0.05) is 5.21 Å². The van der Waals surface area contributed by atoms with Gasteiger partial charge in [-0.25, -0.2) is 4.79 Å². The molecule has 1 rings (SSSR count). The Labute approximate surface area is 75.3 Å². The summed E-state index contributed by atoms with van der Waals surface area (Å²) in [6.07, 6.45) is 0.523. The molecule has 0 bridgehead atoms. The molecular formula is C7H12N4O2. The van der Waals surface area contributed by atoms with Gasteiger partial charge >= 0.3 is 6.09 Å². The van der Waals surface area contributed by atoms with E-state index in [1.807, 2.05) is 6.92 Å². The fourth-order valence-corrected chi connectivity index (χ4v) is 0.999. The number of carbonyl (C=O) groups is 1. The second kappa shape index (κ2) is 4.44. The summed E-state index contributed by atoms with van der Waals surface area (Å²) in [5, 5.41) is 20.7. The van der Waals surface area contributed by atoms with Gasteiger partial charge in [-0.15, -0.1) is 5.10 Å². The molecule has 0 atom stereocenters. The third kappa shape index (κ3) is 3.10. The van der Waals surface area contributed by atoms with Gasteiger partial charge in [0.25, 0.3) is 0 Å². The molecule has 0 unspecified atom stereocenters. The highest BCUT2D eigenvalue weighted by molar-refractivity contribution is 5.64. The molecule has 0 saturated carbocycles. The SMILES string of the molecule is Cc1nn[nH]c1CCCNC(=O)O. The lowest BCUT2D eigenvalue weighted by molar-refractivity contribution is 0.194. The van der Waals surface area contributed by atoms with E-state index in [4.69, 9.17) is 5.11 Å². The van der Waals surface area contributed by atoms with Crippen LogP contribution >= 0.6 is 0 Å². The van der Waals surface area contributed by atoms with E-state index in [9.17, 15) is 4.79 Å². The lowest BCUT2D eigenvalue weighted by atomic mass is 10.2. The van der Waals surface area contributed by atoms with Crippen LogP contribution in [0.4, 0.5) is 4.79 Å². The van der Waals surface area contributed by atoms with Gasteiger partial charge in [-0.3, -0.25) is 5.10 Å². The summed E-state index contributed by atoms with van der Waals surface area (Å²) in [4.78, 5) is 10.1. The van der Waals surface area contributed by atoms with Crippen LogP contribution in [0.15, 0.2) is 0 Å². The molecule has 0 saturated heterocycles. The van der Waals surface area contributed by atoms with E-state index in [0.717, 1.165) is 24.2 Å². The fraction of sp³-hybridized carbons (Fsp3) is 0.571. The number of hydrogen-bond donors (Lipinski definition) is 3. The molecule has 0 aromatic carbocycles. The van der Waals surface area contributed by atoms with Crippen molar-refractivity contribution in [3.8, 4) is 0 Å². The maximum atomic E-state index is 10.1. The van der Waals surface area contributed by atoms with E-state index in [0.29, 0.717) is 6.54 Å². The lowest BCUT2D eigenvalue weighted by Gasteiger charge is -1.99. The molecule has 13 heavy (non-hydrogen) atoms. The predicted molar refractivity (Wildman–Crippen MR) is 45.5 cm³/mol. The zero-order valence-electron chi connectivity index (χ0n) is 7.37. The van der Waals surface area contributed by atoms with E-state index in [2.05, 4.69) is 20.7 Å². The van der Waals surface area contributed by atoms with E-state index in [1.54, 1.807) is 0 Å². The second-order valence-electron chi connectivity index (χ2n) is 2.71. The van der Waals surface area contributed by atoms with Crippen molar-refractivity contribution >= 4 is 6.09 Å². The van der Waals surface area contributed by atoms with Gasteiger partial charge in [-0.05, 0) is 19.8 Å². The normalized spacial score (nSPS) is 9.92. The minimum absolute atomic E-state index is 0.452. The average Bonchev–Trinajstić information content (AvgIpc) is 2.45. The highest BCUT2D eigenvalue weighted by atomic mass is 16.4. The first-order valence-electron chi connectivity index (χ1n) is 4.03. The molecule has 0 aliphatic carbocycles. The van der Waals surface area contributed by atoms with Gasteiger partial charge in [0.2, 0.25) is 0 Å². The lowest BCUT2D eigenvalue weighted by Crippen LogP contribution is -2.22. The second-order valence-corrected chi connectivity index (χ2v) is 2.71. The Bertz CT molecular complexity index is 284. The predicted octanol–water partition coefficient (Wildman–Crippen LogP) is 0.313. The van der Waals surface area contributed by atoms with Crippen LogP contribution < -0.4 is 5.32 Å².